The molecule has 2 aromatic rings. The number of nitrogens with zero attached hydrogens (tertiary/aromatic N) is 2. The van der Waals surface area contributed by atoms with Crippen molar-refractivity contribution in [2.24, 2.45) is 10.2 Å². The lowest BCUT2D eigenvalue weighted by Crippen LogP contribution is -2.26. The molecule has 0 bridgehead atoms. The van der Waals surface area contributed by atoms with E-state index in [1.54, 1.807) is 24.3 Å². The number of thioether (sulfide) groups is 1. The highest BCUT2D eigenvalue weighted by atomic mass is 32.2. The Morgan fingerprint density at radius 1 is 1.23 bits per heavy atom. The fourth-order valence-corrected chi connectivity index (χ4v) is 4.35. The smallest absolute Gasteiger partial charge is 0.339 e. The summed E-state index contributed by atoms with van der Waals surface area (Å²) in [4.78, 5) is 22.4. The Labute approximate surface area is 182 Å². The van der Waals surface area contributed by atoms with Crippen LogP contribution < -0.4 is 14.2 Å². The third-order valence-corrected chi connectivity index (χ3v) is 6.23. The minimum atomic E-state index is -4.07. The number of hydrogen-bond acceptors (Lipinski definition) is 9. The van der Waals surface area contributed by atoms with E-state index in [1.807, 2.05) is 0 Å². The molecule has 12 heteroatoms. The molecule has 10 nitrogen and oxygen atoms in total. The molecule has 0 aliphatic carbocycles. The van der Waals surface area contributed by atoms with Crippen LogP contribution >= 0.6 is 11.8 Å². The number of carboxylic acids is 1. The zero-order valence-corrected chi connectivity index (χ0v) is 17.7. The lowest BCUT2D eigenvalue weighted by Gasteiger charge is -2.11. The largest absolute Gasteiger partial charge is 0.493 e. The van der Waals surface area contributed by atoms with Gasteiger partial charge in [-0.25, -0.2) is 0 Å². The molecule has 1 aliphatic heterocycles. The van der Waals surface area contributed by atoms with E-state index in [-0.39, 0.29) is 28.0 Å². The topological polar surface area (TPSA) is 144 Å². The van der Waals surface area contributed by atoms with E-state index in [2.05, 4.69) is 15.5 Å². The van der Waals surface area contributed by atoms with Gasteiger partial charge in [0.2, 0.25) is 5.91 Å². The number of aliphatic carboxylic acids is 1. The van der Waals surface area contributed by atoms with Crippen LogP contribution in [0.1, 0.15) is 12.0 Å². The van der Waals surface area contributed by atoms with E-state index in [4.69, 9.17) is 14.0 Å². The summed E-state index contributed by atoms with van der Waals surface area (Å²) in [6.07, 6.45) is 1.000. The standard InChI is InChI=1S/C19H17N3O7S2/c1-28-14-8-7-12(9-15(14)29-31(26,27)13-5-3-2-4-6-13)11-20-22-19-21-18(25)16(30-19)10-17(23)24/h2-9,11,16H,10H2,1H3,(H,23,24)(H,21,22,25)/b20-11-/t16-/m0/s1. The zero-order valence-electron chi connectivity index (χ0n) is 16.1. The van der Waals surface area contributed by atoms with Gasteiger partial charge in [0.05, 0.1) is 19.7 Å². The first kappa shape index (κ1) is 22.3. The number of methoxy groups -OCH3 is 1. The highest BCUT2D eigenvalue weighted by Gasteiger charge is 2.32. The SMILES string of the molecule is COc1ccc(/C=N\N=C2\NC(=O)[C@H](CC(=O)O)S2)cc1OS(=O)(=O)c1ccccc1. The average Bonchev–Trinajstić information content (AvgIpc) is 3.07. The second-order valence-electron chi connectivity index (χ2n) is 6.10. The first-order valence-electron chi connectivity index (χ1n) is 8.76. The Bertz CT molecular complexity index is 1150. The van der Waals surface area contributed by atoms with Crippen molar-refractivity contribution in [2.45, 2.75) is 16.6 Å². The van der Waals surface area contributed by atoms with Crippen LogP contribution in [0.3, 0.4) is 0 Å². The lowest BCUT2D eigenvalue weighted by atomic mass is 10.2. The van der Waals surface area contributed by atoms with Crippen LogP contribution in [0.4, 0.5) is 0 Å². The predicted molar refractivity (Wildman–Crippen MR) is 114 cm³/mol. The van der Waals surface area contributed by atoms with Crippen molar-refractivity contribution in [2.75, 3.05) is 7.11 Å². The number of carboxylic acid groups (broad SMARTS) is 1. The van der Waals surface area contributed by atoms with Gasteiger partial charge in [-0.15, -0.1) is 5.10 Å². The number of hydrogen-bond donors (Lipinski definition) is 2. The van der Waals surface area contributed by atoms with Crippen molar-refractivity contribution in [3.8, 4) is 11.5 Å². The second-order valence-corrected chi connectivity index (χ2v) is 8.84. The minimum absolute atomic E-state index is 0.00700. The van der Waals surface area contributed by atoms with Gasteiger partial charge >= 0.3 is 16.1 Å². The number of carbonyl (C=O) groups excluding carboxylic acids is 1. The molecule has 0 saturated carbocycles. The molecular formula is C19H17N3O7S2. The summed E-state index contributed by atoms with van der Waals surface area (Å²) < 4.78 is 35.4. The maximum absolute atomic E-state index is 12.5. The maximum atomic E-state index is 12.5. The van der Waals surface area contributed by atoms with E-state index in [0.29, 0.717) is 5.56 Å². The number of carbonyl (C=O) groups is 2. The summed E-state index contributed by atoms with van der Waals surface area (Å²) in [5.41, 5.74) is 0.458. The third-order valence-electron chi connectivity index (χ3n) is 3.91. The summed E-state index contributed by atoms with van der Waals surface area (Å²) in [5, 5.41) is 18.4. The molecule has 1 fully saturated rings. The van der Waals surface area contributed by atoms with E-state index >= 15 is 0 Å². The van der Waals surface area contributed by atoms with Crippen LogP contribution in [-0.4, -0.2) is 49.1 Å². The molecule has 0 unspecified atom stereocenters. The highest BCUT2D eigenvalue weighted by Crippen LogP contribution is 2.30. The molecule has 1 atom stereocenters. The number of benzene rings is 2. The molecule has 2 N–H and O–H groups in total. The Kier molecular flexibility index (Phi) is 6.92. The number of nitrogens with one attached hydrogen (secondary N) is 1. The van der Waals surface area contributed by atoms with Crippen LogP contribution in [0.25, 0.3) is 0 Å². The first-order valence-corrected chi connectivity index (χ1v) is 11.0. The van der Waals surface area contributed by atoms with Crippen LogP contribution in [0.15, 0.2) is 63.6 Å². The molecule has 0 radical (unpaired) electrons. The van der Waals surface area contributed by atoms with Crippen molar-refractivity contribution >= 4 is 45.1 Å². The van der Waals surface area contributed by atoms with Crippen LogP contribution in [0, 0.1) is 0 Å². The molecule has 31 heavy (non-hydrogen) atoms. The molecule has 1 saturated heterocycles. The van der Waals surface area contributed by atoms with Gasteiger partial charge in [-0.05, 0) is 35.9 Å². The van der Waals surface area contributed by atoms with E-state index in [0.717, 1.165) is 11.8 Å². The molecule has 1 amide bonds. The fraction of sp³-hybridized carbons (Fsp3) is 0.158. The fourth-order valence-electron chi connectivity index (χ4n) is 2.49. The summed E-state index contributed by atoms with van der Waals surface area (Å²) in [7, 11) is -2.69. The minimum Gasteiger partial charge on any atom is -0.493 e. The molecular weight excluding hydrogens is 446 g/mol. The van der Waals surface area contributed by atoms with E-state index < -0.39 is 27.2 Å². The van der Waals surface area contributed by atoms with Crippen molar-refractivity contribution < 1.29 is 32.0 Å². The number of rotatable bonds is 8. The number of amides is 1. The van der Waals surface area contributed by atoms with Crippen molar-refractivity contribution in [1.82, 2.24) is 5.32 Å². The van der Waals surface area contributed by atoms with Gasteiger partial charge in [-0.1, -0.05) is 30.0 Å². The van der Waals surface area contributed by atoms with Gasteiger partial charge in [0.1, 0.15) is 10.1 Å². The second kappa shape index (κ2) is 9.62. The summed E-state index contributed by atoms with van der Waals surface area (Å²) in [6.45, 7) is 0. The average molecular weight is 463 g/mol. The van der Waals surface area contributed by atoms with Gasteiger partial charge in [0.25, 0.3) is 0 Å². The van der Waals surface area contributed by atoms with Crippen LogP contribution in [-0.2, 0) is 19.7 Å². The van der Waals surface area contributed by atoms with E-state index in [1.165, 1.54) is 37.6 Å². The molecule has 1 heterocycles. The number of amidine groups is 1. The predicted octanol–water partition coefficient (Wildman–Crippen LogP) is 1.86. The van der Waals surface area contributed by atoms with E-state index in [9.17, 15) is 18.0 Å². The Morgan fingerprint density at radius 3 is 2.65 bits per heavy atom. The molecule has 0 aromatic heterocycles. The third kappa shape index (κ3) is 5.83. The molecule has 3 rings (SSSR count). The quantitative estimate of drug-likeness (QED) is 0.343. The summed E-state index contributed by atoms with van der Waals surface area (Å²) >= 11 is 0.968. The lowest BCUT2D eigenvalue weighted by molar-refractivity contribution is -0.138. The Morgan fingerprint density at radius 2 is 1.97 bits per heavy atom. The van der Waals surface area contributed by atoms with Crippen LogP contribution in [0.5, 0.6) is 11.5 Å². The van der Waals surface area contributed by atoms with Gasteiger partial charge in [-0.3, -0.25) is 9.59 Å². The molecule has 0 spiro atoms. The van der Waals surface area contributed by atoms with Gasteiger partial charge in [0, 0.05) is 0 Å². The summed E-state index contributed by atoms with van der Waals surface area (Å²) in [6, 6.07) is 12.2. The molecule has 162 valence electrons. The first-order chi connectivity index (χ1) is 14.8. The van der Waals surface area contributed by atoms with Crippen molar-refractivity contribution in [3.63, 3.8) is 0 Å². The Balaban J connectivity index is 1.76. The molecule has 1 aliphatic rings. The van der Waals surface area contributed by atoms with Crippen molar-refractivity contribution in [1.29, 1.82) is 0 Å². The van der Waals surface area contributed by atoms with Gasteiger partial charge < -0.3 is 19.3 Å². The van der Waals surface area contributed by atoms with Gasteiger partial charge in [0.15, 0.2) is 16.7 Å². The summed E-state index contributed by atoms with van der Waals surface area (Å²) in [5.74, 6) is -1.37. The molecule has 2 aromatic carbocycles. The van der Waals surface area contributed by atoms with Crippen LogP contribution in [0.2, 0.25) is 0 Å². The maximum Gasteiger partial charge on any atom is 0.339 e. The highest BCUT2D eigenvalue weighted by molar-refractivity contribution is 8.15. The van der Waals surface area contributed by atoms with Gasteiger partial charge in [-0.2, -0.15) is 13.5 Å². The normalized spacial score (nSPS) is 17.6. The Hall–Kier alpha value is -3.38. The zero-order chi connectivity index (χ0) is 22.4. The van der Waals surface area contributed by atoms with Crippen molar-refractivity contribution in [3.05, 3.63) is 54.1 Å². The monoisotopic (exact) mass is 463 g/mol. The number of ether oxygens (including phenoxy) is 1.